The van der Waals surface area contributed by atoms with Gasteiger partial charge in [0.2, 0.25) is 0 Å². The maximum Gasteiger partial charge on any atom is 0.135 e. The van der Waals surface area contributed by atoms with Crippen LogP contribution in [0.3, 0.4) is 0 Å². The number of halogens is 1. The predicted molar refractivity (Wildman–Crippen MR) is 34.6 cm³/mol. The summed E-state index contributed by atoms with van der Waals surface area (Å²) in [5.74, 6) is 0. The smallest absolute Gasteiger partial charge is 0.135 e. The van der Waals surface area contributed by atoms with Crippen LogP contribution in [0.1, 0.15) is 6.92 Å². The second-order valence-electron chi connectivity index (χ2n) is 0.814. The Kier molecular flexibility index (Phi) is 3.90. The highest BCUT2D eigenvalue weighted by molar-refractivity contribution is 7.78. The summed E-state index contributed by atoms with van der Waals surface area (Å²) in [6.07, 6.45) is 1.64. The van der Waals surface area contributed by atoms with E-state index in [1.807, 2.05) is 0 Å². The molecule has 38 valence electrons. The molecule has 0 aliphatic rings. The van der Waals surface area contributed by atoms with Crippen LogP contribution in [-0.2, 0) is 0 Å². The van der Waals surface area contributed by atoms with Gasteiger partial charge in [0.15, 0.2) is 0 Å². The number of hydrogen-bond acceptors (Lipinski definition) is 2. The summed E-state index contributed by atoms with van der Waals surface area (Å²) in [5.41, 5.74) is 0. The summed E-state index contributed by atoms with van der Waals surface area (Å²) in [6.45, 7) is 1.78. The average molecular weight is 134 g/mol. The SMILES string of the molecule is C/C=C(\Cl)N=C=S. The molecule has 0 aliphatic heterocycles. The zero-order chi connectivity index (χ0) is 5.70. The van der Waals surface area contributed by atoms with Gasteiger partial charge in [-0.2, -0.15) is 4.99 Å². The Morgan fingerprint density at radius 3 is 2.71 bits per heavy atom. The lowest BCUT2D eigenvalue weighted by atomic mass is 10.7. The number of allylic oxidation sites excluding steroid dienone is 1. The Hall–Kier alpha value is -0.170. The summed E-state index contributed by atoms with van der Waals surface area (Å²) in [4.78, 5) is 3.43. The first-order chi connectivity index (χ1) is 3.31. The molecule has 0 fully saturated rings. The third-order valence-corrected chi connectivity index (χ3v) is 0.785. The molecule has 0 saturated carbocycles. The van der Waals surface area contributed by atoms with Crippen LogP contribution in [0, 0.1) is 0 Å². The van der Waals surface area contributed by atoms with E-state index in [1.165, 1.54) is 0 Å². The van der Waals surface area contributed by atoms with Gasteiger partial charge in [0.1, 0.15) is 5.16 Å². The second kappa shape index (κ2) is 4.00. The van der Waals surface area contributed by atoms with Crippen molar-refractivity contribution in [2.24, 2.45) is 4.99 Å². The highest BCUT2D eigenvalue weighted by atomic mass is 35.5. The second-order valence-corrected chi connectivity index (χ2v) is 1.38. The molecule has 0 amide bonds. The van der Waals surface area contributed by atoms with Crippen LogP contribution < -0.4 is 0 Å². The molecule has 0 aromatic carbocycles. The van der Waals surface area contributed by atoms with Crippen LogP contribution in [0.2, 0.25) is 0 Å². The van der Waals surface area contributed by atoms with Gasteiger partial charge in [0, 0.05) is 0 Å². The molecule has 0 atom stereocenters. The Morgan fingerprint density at radius 1 is 2.00 bits per heavy atom. The monoisotopic (exact) mass is 133 g/mol. The fourth-order valence-corrected chi connectivity index (χ4v) is 0.299. The number of rotatable bonds is 1. The minimum absolute atomic E-state index is 0.384. The molecule has 0 radical (unpaired) electrons. The van der Waals surface area contributed by atoms with Crippen LogP contribution in [-0.4, -0.2) is 5.16 Å². The molecule has 0 bridgehead atoms. The Bertz CT molecular complexity index is 124. The highest BCUT2D eigenvalue weighted by Gasteiger charge is 1.74. The van der Waals surface area contributed by atoms with Crippen molar-refractivity contribution in [3.63, 3.8) is 0 Å². The molecule has 0 spiro atoms. The number of aliphatic imine (C=N–C) groups is 1. The molecule has 0 unspecified atom stereocenters. The molecule has 0 saturated heterocycles. The van der Waals surface area contributed by atoms with Crippen molar-refractivity contribution in [1.82, 2.24) is 0 Å². The van der Waals surface area contributed by atoms with Crippen molar-refractivity contribution in [2.75, 3.05) is 0 Å². The van der Waals surface area contributed by atoms with Gasteiger partial charge in [-0.3, -0.25) is 0 Å². The van der Waals surface area contributed by atoms with Crippen molar-refractivity contribution in [3.8, 4) is 0 Å². The van der Waals surface area contributed by atoms with Crippen molar-refractivity contribution in [2.45, 2.75) is 6.92 Å². The number of isothiocyanates is 1. The molecule has 0 aromatic heterocycles. The van der Waals surface area contributed by atoms with E-state index in [-0.39, 0.29) is 0 Å². The zero-order valence-electron chi connectivity index (χ0n) is 3.81. The van der Waals surface area contributed by atoms with E-state index in [1.54, 1.807) is 13.0 Å². The summed E-state index contributed by atoms with van der Waals surface area (Å²) >= 11 is 9.58. The molecular formula is C4H4ClNS. The maximum absolute atomic E-state index is 5.33. The lowest BCUT2D eigenvalue weighted by Crippen LogP contribution is -1.54. The Labute approximate surface area is 52.7 Å². The van der Waals surface area contributed by atoms with Crippen LogP contribution >= 0.6 is 23.8 Å². The lowest BCUT2D eigenvalue weighted by molar-refractivity contribution is 1.50. The summed E-state index contributed by atoms with van der Waals surface area (Å²) in [7, 11) is 0. The third kappa shape index (κ3) is 3.67. The van der Waals surface area contributed by atoms with Crippen molar-refractivity contribution in [1.29, 1.82) is 0 Å². The third-order valence-electron chi connectivity index (χ3n) is 0.391. The summed E-state index contributed by atoms with van der Waals surface area (Å²) in [6, 6.07) is 0. The highest BCUT2D eigenvalue weighted by Crippen LogP contribution is 1.98. The van der Waals surface area contributed by atoms with Crippen molar-refractivity contribution in [3.05, 3.63) is 11.2 Å². The molecule has 7 heavy (non-hydrogen) atoms. The van der Waals surface area contributed by atoms with Gasteiger partial charge in [-0.05, 0) is 25.2 Å². The number of hydrogen-bond donors (Lipinski definition) is 0. The fourth-order valence-electron chi connectivity index (χ4n) is 0.108. The van der Waals surface area contributed by atoms with Crippen molar-refractivity contribution >= 4 is 29.0 Å². The maximum atomic E-state index is 5.33. The molecule has 0 heterocycles. The molecule has 0 rings (SSSR count). The van der Waals surface area contributed by atoms with Gasteiger partial charge in [0.05, 0.1) is 5.16 Å². The van der Waals surface area contributed by atoms with E-state index in [0.29, 0.717) is 5.16 Å². The largest absolute Gasteiger partial charge is 0.183 e. The zero-order valence-corrected chi connectivity index (χ0v) is 5.38. The topological polar surface area (TPSA) is 12.4 Å². The van der Waals surface area contributed by atoms with Gasteiger partial charge in [-0.25, -0.2) is 0 Å². The van der Waals surface area contributed by atoms with E-state index in [4.69, 9.17) is 11.6 Å². The van der Waals surface area contributed by atoms with E-state index in [9.17, 15) is 0 Å². The molecule has 1 nitrogen and oxygen atoms in total. The quantitative estimate of drug-likeness (QED) is 0.304. The van der Waals surface area contributed by atoms with Gasteiger partial charge in [0.25, 0.3) is 0 Å². The number of nitrogens with zero attached hydrogens (tertiary/aromatic N) is 1. The first kappa shape index (κ1) is 6.83. The van der Waals surface area contributed by atoms with E-state index >= 15 is 0 Å². The van der Waals surface area contributed by atoms with Crippen LogP contribution in [0.15, 0.2) is 16.2 Å². The minimum atomic E-state index is 0.384. The standard InChI is InChI=1S/C4H4ClNS/c1-2-4(5)6-3-7/h2H,1H3/b4-2+. The van der Waals surface area contributed by atoms with Gasteiger partial charge < -0.3 is 0 Å². The molecule has 3 heteroatoms. The van der Waals surface area contributed by atoms with Gasteiger partial charge >= 0.3 is 0 Å². The first-order valence-corrected chi connectivity index (χ1v) is 2.49. The van der Waals surface area contributed by atoms with Gasteiger partial charge in [-0.1, -0.05) is 11.6 Å². The lowest BCUT2D eigenvalue weighted by Gasteiger charge is -1.74. The summed E-state index contributed by atoms with van der Waals surface area (Å²) < 4.78 is 0. The molecule has 0 N–H and O–H groups in total. The number of thiocarbonyl (C=S) groups is 1. The average Bonchev–Trinajstić information content (AvgIpc) is 1.68. The fraction of sp³-hybridized carbons (Fsp3) is 0.250. The predicted octanol–water partition coefficient (Wildman–Crippen LogP) is 2.19. The van der Waals surface area contributed by atoms with E-state index in [2.05, 4.69) is 22.4 Å². The molecule has 0 aromatic rings. The molecular weight excluding hydrogens is 130 g/mol. The van der Waals surface area contributed by atoms with Crippen LogP contribution in [0.25, 0.3) is 0 Å². The van der Waals surface area contributed by atoms with E-state index in [0.717, 1.165) is 0 Å². The first-order valence-electron chi connectivity index (χ1n) is 1.71. The van der Waals surface area contributed by atoms with Gasteiger partial charge in [-0.15, -0.1) is 0 Å². The Balaban J connectivity index is 3.82. The van der Waals surface area contributed by atoms with E-state index < -0.39 is 0 Å². The van der Waals surface area contributed by atoms with Crippen molar-refractivity contribution < 1.29 is 0 Å². The van der Waals surface area contributed by atoms with Crippen LogP contribution in [0.5, 0.6) is 0 Å². The summed E-state index contributed by atoms with van der Waals surface area (Å²) in [5, 5.41) is 2.51. The normalized spacial score (nSPS) is 10.3. The van der Waals surface area contributed by atoms with Crippen LogP contribution in [0.4, 0.5) is 0 Å². The Morgan fingerprint density at radius 2 is 2.57 bits per heavy atom. The minimum Gasteiger partial charge on any atom is -0.183 e. The molecule has 0 aliphatic carbocycles.